The molecule has 0 unspecified atom stereocenters. The Morgan fingerprint density at radius 2 is 2.00 bits per heavy atom. The van der Waals surface area contributed by atoms with Crippen molar-refractivity contribution >= 4 is 6.16 Å². The summed E-state index contributed by atoms with van der Waals surface area (Å²) >= 11 is 0. The Kier molecular flexibility index (Phi) is 8.80. The minimum Gasteiger partial charge on any atom is -0.547 e. The van der Waals surface area contributed by atoms with Crippen molar-refractivity contribution in [3.8, 4) is 0 Å². The van der Waals surface area contributed by atoms with Crippen LogP contribution in [0.5, 0.6) is 0 Å². The number of ether oxygens (including phenoxy) is 1. The molecule has 0 aliphatic heterocycles. The minimum absolute atomic E-state index is 0. The van der Waals surface area contributed by atoms with Crippen LogP contribution in [0.3, 0.4) is 0 Å². The maximum absolute atomic E-state index is 9.48. The fraction of sp³-hybridized carbons (Fsp3) is 0.750. The Morgan fingerprint density at radius 1 is 1.62 bits per heavy atom. The standard InChI is InChI=1S/C4H8O3.K/c1-3(2)7-4(5)6;/h3H,1-2H3,(H,5,6);/q;+1/p-1. The van der Waals surface area contributed by atoms with E-state index in [1.165, 1.54) is 0 Å². The summed E-state index contributed by atoms with van der Waals surface area (Å²) in [5, 5.41) is 9.48. The molecule has 3 nitrogen and oxygen atoms in total. The summed E-state index contributed by atoms with van der Waals surface area (Å²) < 4.78 is 4.06. The van der Waals surface area contributed by atoms with E-state index >= 15 is 0 Å². The largest absolute Gasteiger partial charge is 1.00 e. The maximum atomic E-state index is 9.48. The zero-order valence-electron chi connectivity index (χ0n) is 5.30. The molecule has 0 aliphatic carbocycles. The average molecular weight is 142 g/mol. The number of carbonyl (C=O) groups is 1. The zero-order chi connectivity index (χ0) is 5.86. The molecule has 0 aromatic carbocycles. The second-order valence-corrected chi connectivity index (χ2v) is 1.42. The van der Waals surface area contributed by atoms with Gasteiger partial charge in [-0.2, -0.15) is 0 Å². The van der Waals surface area contributed by atoms with Crippen LogP contribution < -0.4 is 56.5 Å². The van der Waals surface area contributed by atoms with Gasteiger partial charge in [0, 0.05) is 6.10 Å². The monoisotopic (exact) mass is 142 g/mol. The fourth-order valence-corrected chi connectivity index (χ4v) is 0.192. The summed E-state index contributed by atoms with van der Waals surface area (Å²) in [6, 6.07) is 0. The molecule has 0 heterocycles. The fourth-order valence-electron chi connectivity index (χ4n) is 0.192. The molecular weight excluding hydrogens is 135 g/mol. The van der Waals surface area contributed by atoms with Gasteiger partial charge in [0.05, 0.1) is 0 Å². The van der Waals surface area contributed by atoms with E-state index in [2.05, 4.69) is 4.74 Å². The Morgan fingerprint density at radius 3 is 2.00 bits per heavy atom. The average Bonchev–Trinajstić information content (AvgIpc) is 1.27. The van der Waals surface area contributed by atoms with Crippen LogP contribution in [-0.4, -0.2) is 12.3 Å². The molecule has 0 spiro atoms. The first-order valence-corrected chi connectivity index (χ1v) is 2.00. The van der Waals surface area contributed by atoms with Crippen LogP contribution in [0.2, 0.25) is 0 Å². The summed E-state index contributed by atoms with van der Waals surface area (Å²) in [5.41, 5.74) is 0. The van der Waals surface area contributed by atoms with Crippen molar-refractivity contribution in [2.45, 2.75) is 20.0 Å². The SMILES string of the molecule is CC(C)OC(=O)[O-].[K+]. The van der Waals surface area contributed by atoms with Crippen LogP contribution in [0.25, 0.3) is 0 Å². The smallest absolute Gasteiger partial charge is 0.547 e. The normalized spacial score (nSPS) is 7.88. The van der Waals surface area contributed by atoms with Gasteiger partial charge in [0.25, 0.3) is 6.16 Å². The summed E-state index contributed by atoms with van der Waals surface area (Å²) in [4.78, 5) is 9.48. The molecule has 8 heavy (non-hydrogen) atoms. The van der Waals surface area contributed by atoms with Crippen molar-refractivity contribution in [1.29, 1.82) is 0 Å². The van der Waals surface area contributed by atoms with Gasteiger partial charge in [-0.05, 0) is 13.8 Å². The quantitative estimate of drug-likeness (QED) is 0.285. The third-order valence-electron chi connectivity index (χ3n) is 0.332. The van der Waals surface area contributed by atoms with Crippen LogP contribution in [0, 0.1) is 0 Å². The van der Waals surface area contributed by atoms with Crippen molar-refractivity contribution in [3.63, 3.8) is 0 Å². The predicted octanol–water partition coefficient (Wildman–Crippen LogP) is -3.24. The number of carboxylic acid groups (broad SMARTS) is 1. The summed E-state index contributed by atoms with van der Waals surface area (Å²) in [5.74, 6) is 0. The molecule has 0 rings (SSSR count). The van der Waals surface area contributed by atoms with Crippen LogP contribution in [0.4, 0.5) is 4.79 Å². The molecule has 0 atom stereocenters. The molecule has 0 saturated heterocycles. The van der Waals surface area contributed by atoms with E-state index in [-0.39, 0.29) is 57.5 Å². The van der Waals surface area contributed by atoms with Crippen molar-refractivity contribution in [2.75, 3.05) is 0 Å². The van der Waals surface area contributed by atoms with Crippen molar-refractivity contribution in [3.05, 3.63) is 0 Å². The first-order valence-electron chi connectivity index (χ1n) is 2.00. The van der Waals surface area contributed by atoms with E-state index in [1.54, 1.807) is 13.8 Å². The third-order valence-corrected chi connectivity index (χ3v) is 0.332. The molecule has 0 amide bonds. The van der Waals surface area contributed by atoms with Gasteiger partial charge in [-0.1, -0.05) is 0 Å². The Labute approximate surface area is 90.8 Å². The minimum atomic E-state index is -1.46. The number of hydrogen-bond donors (Lipinski definition) is 0. The number of carbonyl (C=O) groups excluding carboxylic acids is 1. The van der Waals surface area contributed by atoms with Crippen molar-refractivity contribution in [1.82, 2.24) is 0 Å². The molecule has 0 aliphatic rings. The van der Waals surface area contributed by atoms with E-state index in [0.717, 1.165) is 0 Å². The summed E-state index contributed by atoms with van der Waals surface area (Å²) in [6.45, 7) is 3.24. The van der Waals surface area contributed by atoms with Crippen LogP contribution in [0.15, 0.2) is 0 Å². The van der Waals surface area contributed by atoms with E-state index in [1.807, 2.05) is 0 Å². The van der Waals surface area contributed by atoms with Gasteiger partial charge in [-0.25, -0.2) is 0 Å². The Bertz CT molecular complexity index is 71.7. The van der Waals surface area contributed by atoms with Crippen LogP contribution in [-0.2, 0) is 4.74 Å². The van der Waals surface area contributed by atoms with Crippen molar-refractivity contribution < 1.29 is 66.0 Å². The van der Waals surface area contributed by atoms with Gasteiger partial charge in [-0.3, -0.25) is 0 Å². The van der Waals surface area contributed by atoms with Gasteiger partial charge in [0.1, 0.15) is 0 Å². The molecule has 0 bridgehead atoms. The summed E-state index contributed by atoms with van der Waals surface area (Å²) in [7, 11) is 0. The summed E-state index contributed by atoms with van der Waals surface area (Å²) in [6.07, 6.45) is -1.75. The molecule has 0 aromatic heterocycles. The second-order valence-electron chi connectivity index (χ2n) is 1.42. The molecule has 4 heteroatoms. The van der Waals surface area contributed by atoms with Gasteiger partial charge in [-0.15, -0.1) is 0 Å². The molecule has 42 valence electrons. The predicted molar refractivity (Wildman–Crippen MR) is 21.6 cm³/mol. The van der Waals surface area contributed by atoms with E-state index in [4.69, 9.17) is 0 Å². The molecule has 0 radical (unpaired) electrons. The molecule has 0 aromatic rings. The van der Waals surface area contributed by atoms with Crippen LogP contribution >= 0.6 is 0 Å². The molecule has 0 saturated carbocycles. The van der Waals surface area contributed by atoms with E-state index in [0.29, 0.717) is 0 Å². The first kappa shape index (κ1) is 11.7. The molecule has 0 fully saturated rings. The van der Waals surface area contributed by atoms with E-state index in [9.17, 15) is 9.90 Å². The van der Waals surface area contributed by atoms with E-state index < -0.39 is 6.16 Å². The maximum Gasteiger partial charge on any atom is 1.00 e. The second kappa shape index (κ2) is 6.03. The number of rotatable bonds is 1. The van der Waals surface area contributed by atoms with Gasteiger partial charge >= 0.3 is 51.4 Å². The zero-order valence-corrected chi connectivity index (χ0v) is 8.43. The number of hydrogen-bond acceptors (Lipinski definition) is 3. The molecular formula is C4H7KO3. The van der Waals surface area contributed by atoms with Gasteiger partial charge < -0.3 is 14.6 Å². The van der Waals surface area contributed by atoms with Gasteiger partial charge in [0.2, 0.25) is 0 Å². The Balaban J connectivity index is 0. The molecule has 0 N–H and O–H groups in total. The van der Waals surface area contributed by atoms with Crippen LogP contribution in [0.1, 0.15) is 13.8 Å². The van der Waals surface area contributed by atoms with Gasteiger partial charge in [0.15, 0.2) is 0 Å². The third kappa shape index (κ3) is 10.0. The topological polar surface area (TPSA) is 49.4 Å². The first-order chi connectivity index (χ1) is 3.13. The Hall–Kier alpha value is 0.906. The van der Waals surface area contributed by atoms with Crippen molar-refractivity contribution in [2.24, 2.45) is 0 Å².